The minimum Gasteiger partial charge on any atom is -0.490 e. The summed E-state index contributed by atoms with van der Waals surface area (Å²) in [6.45, 7) is 1.98. The third-order valence-corrected chi connectivity index (χ3v) is 4.92. The predicted octanol–water partition coefficient (Wildman–Crippen LogP) is 4.24. The number of rotatable bonds is 7. The van der Waals surface area contributed by atoms with Gasteiger partial charge in [0.1, 0.15) is 0 Å². The van der Waals surface area contributed by atoms with Gasteiger partial charge in [0.15, 0.2) is 23.8 Å². The van der Waals surface area contributed by atoms with Gasteiger partial charge in [-0.05, 0) is 71.5 Å². The van der Waals surface area contributed by atoms with Crippen molar-refractivity contribution < 1.29 is 28.5 Å². The van der Waals surface area contributed by atoms with Crippen molar-refractivity contribution in [3.05, 3.63) is 61.8 Å². The van der Waals surface area contributed by atoms with E-state index in [9.17, 15) is 9.59 Å². The molecule has 0 radical (unpaired) electrons. The number of ether oxygens (including phenoxy) is 4. The Morgan fingerprint density at radius 1 is 1.20 bits per heavy atom. The zero-order valence-electron chi connectivity index (χ0n) is 16.1. The van der Waals surface area contributed by atoms with E-state index >= 15 is 0 Å². The molecule has 9 heteroatoms. The van der Waals surface area contributed by atoms with Crippen LogP contribution >= 0.6 is 34.2 Å². The van der Waals surface area contributed by atoms with Crippen molar-refractivity contribution in [1.29, 1.82) is 0 Å². The van der Waals surface area contributed by atoms with Gasteiger partial charge in [-0.1, -0.05) is 17.7 Å². The van der Waals surface area contributed by atoms with E-state index in [1.165, 1.54) is 7.11 Å². The van der Waals surface area contributed by atoms with Crippen LogP contribution in [-0.2, 0) is 19.1 Å². The molecule has 1 aliphatic rings. The summed E-state index contributed by atoms with van der Waals surface area (Å²) < 4.78 is 21.8. The van der Waals surface area contributed by atoms with Crippen molar-refractivity contribution in [2.24, 2.45) is 4.99 Å². The van der Waals surface area contributed by atoms with Crippen molar-refractivity contribution in [1.82, 2.24) is 0 Å². The normalized spacial score (nSPS) is 14.3. The molecule has 30 heavy (non-hydrogen) atoms. The lowest BCUT2D eigenvalue weighted by atomic mass is 10.1. The highest BCUT2D eigenvalue weighted by Gasteiger charge is 2.26. The van der Waals surface area contributed by atoms with E-state index in [1.807, 2.05) is 13.0 Å². The van der Waals surface area contributed by atoms with Crippen LogP contribution in [0.1, 0.15) is 18.1 Å². The van der Waals surface area contributed by atoms with Crippen molar-refractivity contribution >= 4 is 58.1 Å². The summed E-state index contributed by atoms with van der Waals surface area (Å²) in [4.78, 5) is 27.9. The summed E-state index contributed by atoms with van der Waals surface area (Å²) in [5, 5.41) is 0.439. The van der Waals surface area contributed by atoms with Crippen LogP contribution in [0, 0.1) is 3.57 Å². The molecule has 7 nitrogen and oxygen atoms in total. The second kappa shape index (κ2) is 9.94. The van der Waals surface area contributed by atoms with Gasteiger partial charge in [-0.15, -0.1) is 0 Å². The summed E-state index contributed by atoms with van der Waals surface area (Å²) in [7, 11) is 1.28. The number of nitrogens with zero attached hydrogens (tertiary/aromatic N) is 1. The first-order chi connectivity index (χ1) is 14.4. The third kappa shape index (κ3) is 5.31. The highest BCUT2D eigenvalue weighted by molar-refractivity contribution is 14.1. The summed E-state index contributed by atoms with van der Waals surface area (Å²) >= 11 is 8.35. The summed E-state index contributed by atoms with van der Waals surface area (Å²) in [5.74, 6) is -0.129. The summed E-state index contributed by atoms with van der Waals surface area (Å²) in [6.07, 6.45) is 1.57. The molecule has 2 aromatic rings. The Labute approximate surface area is 191 Å². The molecule has 0 amide bonds. The fraction of sp³-hybridized carbons (Fsp3) is 0.190. The van der Waals surface area contributed by atoms with Crippen LogP contribution in [-0.4, -0.2) is 38.2 Å². The third-order valence-electron chi connectivity index (χ3n) is 3.92. The van der Waals surface area contributed by atoms with E-state index in [2.05, 4.69) is 32.3 Å². The average Bonchev–Trinajstić information content (AvgIpc) is 3.09. The Kier molecular flexibility index (Phi) is 7.33. The molecule has 0 saturated heterocycles. The van der Waals surface area contributed by atoms with E-state index in [4.69, 9.17) is 25.8 Å². The molecule has 0 bridgehead atoms. The van der Waals surface area contributed by atoms with Gasteiger partial charge >= 0.3 is 11.9 Å². The monoisotopic (exact) mass is 541 g/mol. The van der Waals surface area contributed by atoms with Gasteiger partial charge in [0.2, 0.25) is 5.90 Å². The van der Waals surface area contributed by atoms with Gasteiger partial charge in [0.05, 0.1) is 24.3 Å². The number of esters is 2. The quantitative estimate of drug-likeness (QED) is 0.296. The van der Waals surface area contributed by atoms with Gasteiger partial charge in [-0.25, -0.2) is 14.6 Å². The summed E-state index contributed by atoms with van der Waals surface area (Å²) in [5.41, 5.74) is 1.32. The second-order valence-electron chi connectivity index (χ2n) is 5.96. The average molecular weight is 542 g/mol. The molecule has 1 heterocycles. The lowest BCUT2D eigenvalue weighted by molar-refractivity contribution is -0.143. The zero-order valence-corrected chi connectivity index (χ0v) is 19.0. The van der Waals surface area contributed by atoms with Crippen LogP contribution in [0.2, 0.25) is 5.02 Å². The fourth-order valence-electron chi connectivity index (χ4n) is 2.54. The van der Waals surface area contributed by atoms with E-state index < -0.39 is 11.9 Å². The van der Waals surface area contributed by atoms with Gasteiger partial charge < -0.3 is 18.9 Å². The number of carbonyl (C=O) groups is 2. The highest BCUT2D eigenvalue weighted by Crippen LogP contribution is 2.31. The first kappa shape index (κ1) is 22.1. The van der Waals surface area contributed by atoms with Crippen LogP contribution in [0.3, 0.4) is 0 Å². The highest BCUT2D eigenvalue weighted by atomic mass is 127. The largest absolute Gasteiger partial charge is 0.490 e. The molecule has 0 aliphatic carbocycles. The number of benzene rings is 2. The number of methoxy groups -OCH3 is 1. The first-order valence-electron chi connectivity index (χ1n) is 8.85. The Balaban J connectivity index is 1.88. The lowest BCUT2D eigenvalue weighted by Crippen LogP contribution is -2.13. The van der Waals surface area contributed by atoms with Crippen molar-refractivity contribution in [2.75, 3.05) is 20.3 Å². The molecular formula is C21H17ClINO6. The maximum absolute atomic E-state index is 12.3. The molecule has 156 valence electrons. The van der Waals surface area contributed by atoms with Gasteiger partial charge in [-0.2, -0.15) is 0 Å². The predicted molar refractivity (Wildman–Crippen MR) is 120 cm³/mol. The van der Waals surface area contributed by atoms with Crippen LogP contribution < -0.4 is 9.47 Å². The van der Waals surface area contributed by atoms with Crippen molar-refractivity contribution in [3.8, 4) is 11.5 Å². The van der Waals surface area contributed by atoms with Crippen molar-refractivity contribution in [3.63, 3.8) is 0 Å². The van der Waals surface area contributed by atoms with E-state index in [-0.39, 0.29) is 18.2 Å². The Morgan fingerprint density at radius 2 is 2.00 bits per heavy atom. The molecule has 0 aromatic heterocycles. The minimum absolute atomic E-state index is 0.130. The smallest absolute Gasteiger partial charge is 0.363 e. The lowest BCUT2D eigenvalue weighted by Gasteiger charge is -2.11. The number of carbonyl (C=O) groups excluding carboxylic acids is 2. The molecule has 3 rings (SSSR count). The number of aliphatic imine (C=N–C) groups is 1. The molecule has 0 fully saturated rings. The standard InChI is InChI=1S/C21H17ClINO6/c1-3-28-18-9-12(4-7-17(18)29-11-19(25)27-2)8-16-21(26)30-20(24-16)14-10-13(23)5-6-15(14)22/h4-10H,3,11H2,1-2H3/b16-8-. The number of hydrogen-bond acceptors (Lipinski definition) is 7. The van der Waals surface area contributed by atoms with Gasteiger partial charge in [0, 0.05) is 3.57 Å². The molecule has 0 spiro atoms. The van der Waals surface area contributed by atoms with E-state index in [0.717, 1.165) is 3.57 Å². The van der Waals surface area contributed by atoms with Gasteiger partial charge in [-0.3, -0.25) is 0 Å². The summed E-state index contributed by atoms with van der Waals surface area (Å²) in [6, 6.07) is 10.4. The number of cyclic esters (lactones) is 1. The fourth-order valence-corrected chi connectivity index (χ4v) is 3.23. The number of hydrogen-bond donors (Lipinski definition) is 0. The molecule has 0 unspecified atom stereocenters. The SMILES string of the molecule is CCOc1cc(/C=C2\N=C(c3cc(I)ccc3Cl)OC2=O)ccc1OCC(=O)OC. The second-order valence-corrected chi connectivity index (χ2v) is 7.62. The Bertz CT molecular complexity index is 1050. The van der Waals surface area contributed by atoms with Crippen LogP contribution in [0.15, 0.2) is 47.1 Å². The van der Waals surface area contributed by atoms with Crippen LogP contribution in [0.4, 0.5) is 0 Å². The van der Waals surface area contributed by atoms with E-state index in [0.29, 0.717) is 34.3 Å². The molecule has 1 aliphatic heterocycles. The van der Waals surface area contributed by atoms with Crippen LogP contribution in [0.5, 0.6) is 11.5 Å². The van der Waals surface area contributed by atoms with E-state index in [1.54, 1.807) is 36.4 Å². The maximum Gasteiger partial charge on any atom is 0.363 e. The first-order valence-corrected chi connectivity index (χ1v) is 10.3. The zero-order chi connectivity index (χ0) is 21.7. The molecule has 0 atom stereocenters. The molecule has 0 saturated carbocycles. The van der Waals surface area contributed by atoms with Gasteiger partial charge in [0.25, 0.3) is 0 Å². The Morgan fingerprint density at radius 3 is 2.73 bits per heavy atom. The maximum atomic E-state index is 12.3. The van der Waals surface area contributed by atoms with Crippen LogP contribution in [0.25, 0.3) is 6.08 Å². The molecule has 0 N–H and O–H groups in total. The molecular weight excluding hydrogens is 525 g/mol. The minimum atomic E-state index is -0.580. The topological polar surface area (TPSA) is 83.4 Å². The van der Waals surface area contributed by atoms with Crippen molar-refractivity contribution in [2.45, 2.75) is 6.92 Å². The molecule has 2 aromatic carbocycles. The number of halogens is 2. The Hall–Kier alpha value is -2.59.